The minimum absolute atomic E-state index is 0.232. The Kier molecular flexibility index (Phi) is 4.49. The van der Waals surface area contributed by atoms with Crippen molar-refractivity contribution in [1.29, 1.82) is 0 Å². The summed E-state index contributed by atoms with van der Waals surface area (Å²) in [6, 6.07) is 8.40. The molecule has 2 unspecified atom stereocenters. The molecule has 14 heavy (non-hydrogen) atoms. The molecule has 0 fully saturated rings. The number of hydrogen-bond acceptors (Lipinski definition) is 2. The largest absolute Gasteiger partial charge is 0.392 e. The van der Waals surface area contributed by atoms with Gasteiger partial charge in [-0.1, -0.05) is 31.2 Å². The van der Waals surface area contributed by atoms with E-state index < -0.39 is 0 Å². The number of aliphatic hydroxyl groups is 1. The highest BCUT2D eigenvalue weighted by Gasteiger charge is 2.09. The Labute approximate surface area is 90.5 Å². The van der Waals surface area contributed by atoms with Crippen LogP contribution in [0.25, 0.3) is 0 Å². The monoisotopic (exact) mass is 210 g/mol. The van der Waals surface area contributed by atoms with Gasteiger partial charge >= 0.3 is 0 Å². The van der Waals surface area contributed by atoms with Gasteiger partial charge in [0.2, 0.25) is 0 Å². The van der Waals surface area contributed by atoms with Gasteiger partial charge in [0.1, 0.15) is 0 Å². The third kappa shape index (κ3) is 3.35. The summed E-state index contributed by atoms with van der Waals surface area (Å²) in [4.78, 5) is 0. The molecule has 1 nitrogen and oxygen atoms in total. The van der Waals surface area contributed by atoms with Crippen molar-refractivity contribution in [3.8, 4) is 0 Å². The molecule has 0 saturated heterocycles. The van der Waals surface area contributed by atoms with Gasteiger partial charge in [0.15, 0.2) is 0 Å². The number of aryl methyl sites for hydroxylation is 1. The van der Waals surface area contributed by atoms with Gasteiger partial charge in [0.25, 0.3) is 0 Å². The lowest BCUT2D eigenvalue weighted by atomic mass is 10.1. The molecule has 1 N–H and O–H groups in total. The van der Waals surface area contributed by atoms with Crippen LogP contribution in [0, 0.1) is 6.92 Å². The van der Waals surface area contributed by atoms with Crippen LogP contribution >= 0.6 is 11.8 Å². The molecule has 1 aromatic rings. The predicted octanol–water partition coefficient (Wildman–Crippen LogP) is 3.00. The van der Waals surface area contributed by atoms with Crippen LogP contribution in [-0.4, -0.2) is 16.5 Å². The van der Waals surface area contributed by atoms with Crippen LogP contribution in [0.15, 0.2) is 24.3 Å². The van der Waals surface area contributed by atoms with E-state index in [-0.39, 0.29) is 6.10 Å². The van der Waals surface area contributed by atoms with Gasteiger partial charge in [0, 0.05) is 11.0 Å². The second-order valence-corrected chi connectivity index (χ2v) is 5.05. The highest BCUT2D eigenvalue weighted by Crippen LogP contribution is 2.21. The zero-order valence-corrected chi connectivity index (χ0v) is 9.84. The average molecular weight is 210 g/mol. The third-order valence-electron chi connectivity index (χ3n) is 2.44. The first-order valence-corrected chi connectivity index (χ1v) is 6.00. The first-order chi connectivity index (χ1) is 6.61. The second-order valence-electron chi connectivity index (χ2n) is 3.68. The molecule has 1 rings (SSSR count). The summed E-state index contributed by atoms with van der Waals surface area (Å²) >= 11 is 1.80. The van der Waals surface area contributed by atoms with E-state index in [0.717, 1.165) is 5.75 Å². The first kappa shape index (κ1) is 11.6. The fourth-order valence-electron chi connectivity index (χ4n) is 1.13. The standard InChI is InChI=1S/C12H18OS/c1-9-6-4-5-7-12(9)8-14-11(3)10(2)13/h4-7,10-11,13H,8H2,1-3H3. The van der Waals surface area contributed by atoms with E-state index in [1.165, 1.54) is 11.1 Å². The van der Waals surface area contributed by atoms with Crippen molar-refractivity contribution in [2.24, 2.45) is 0 Å². The predicted molar refractivity (Wildman–Crippen MR) is 63.6 cm³/mol. The minimum Gasteiger partial charge on any atom is -0.392 e. The fraction of sp³-hybridized carbons (Fsp3) is 0.500. The van der Waals surface area contributed by atoms with Gasteiger partial charge < -0.3 is 5.11 Å². The molecule has 2 heteroatoms. The van der Waals surface area contributed by atoms with E-state index in [9.17, 15) is 5.11 Å². The molecule has 0 spiro atoms. The Morgan fingerprint density at radius 2 is 1.93 bits per heavy atom. The number of rotatable bonds is 4. The quantitative estimate of drug-likeness (QED) is 0.824. The topological polar surface area (TPSA) is 20.2 Å². The summed E-state index contributed by atoms with van der Waals surface area (Å²) < 4.78 is 0. The molecular weight excluding hydrogens is 192 g/mol. The van der Waals surface area contributed by atoms with Crippen molar-refractivity contribution in [3.05, 3.63) is 35.4 Å². The lowest BCUT2D eigenvalue weighted by molar-refractivity contribution is 0.196. The van der Waals surface area contributed by atoms with E-state index in [2.05, 4.69) is 38.1 Å². The van der Waals surface area contributed by atoms with Crippen molar-refractivity contribution in [2.75, 3.05) is 0 Å². The molecule has 78 valence electrons. The molecule has 0 amide bonds. The molecule has 0 saturated carbocycles. The van der Waals surface area contributed by atoms with Gasteiger partial charge in [0.05, 0.1) is 6.10 Å². The third-order valence-corrected chi connectivity index (χ3v) is 3.84. The van der Waals surface area contributed by atoms with Crippen LogP contribution in [0.5, 0.6) is 0 Å². The second kappa shape index (κ2) is 5.42. The molecule has 0 heterocycles. The van der Waals surface area contributed by atoms with Crippen LogP contribution in [0.2, 0.25) is 0 Å². The molecule has 0 bridgehead atoms. The number of benzene rings is 1. The molecule has 2 atom stereocenters. The van der Waals surface area contributed by atoms with Gasteiger partial charge in [-0.15, -0.1) is 0 Å². The first-order valence-electron chi connectivity index (χ1n) is 4.95. The minimum atomic E-state index is -0.232. The Hall–Kier alpha value is -0.470. The fourth-order valence-corrected chi connectivity index (χ4v) is 2.18. The van der Waals surface area contributed by atoms with Crippen molar-refractivity contribution < 1.29 is 5.11 Å². The van der Waals surface area contributed by atoms with Crippen LogP contribution in [0.1, 0.15) is 25.0 Å². The Balaban J connectivity index is 2.50. The van der Waals surface area contributed by atoms with E-state index >= 15 is 0 Å². The van der Waals surface area contributed by atoms with Crippen LogP contribution < -0.4 is 0 Å². The summed E-state index contributed by atoms with van der Waals surface area (Å²) in [5.74, 6) is 0.985. The van der Waals surface area contributed by atoms with Crippen molar-refractivity contribution in [1.82, 2.24) is 0 Å². The molecule has 0 radical (unpaired) electrons. The SMILES string of the molecule is Cc1ccccc1CSC(C)C(C)O. The Morgan fingerprint density at radius 3 is 2.50 bits per heavy atom. The van der Waals surface area contributed by atoms with Crippen LogP contribution in [0.3, 0.4) is 0 Å². The molecular formula is C12H18OS. The summed E-state index contributed by atoms with van der Waals surface area (Å²) in [5, 5.41) is 9.65. The molecule has 0 aliphatic carbocycles. The number of hydrogen-bond donors (Lipinski definition) is 1. The lowest BCUT2D eigenvalue weighted by Gasteiger charge is -2.14. The summed E-state index contributed by atoms with van der Waals surface area (Å²) in [5.41, 5.74) is 2.70. The zero-order chi connectivity index (χ0) is 10.6. The van der Waals surface area contributed by atoms with Gasteiger partial charge in [-0.25, -0.2) is 0 Å². The van der Waals surface area contributed by atoms with Gasteiger partial charge in [-0.05, 0) is 25.0 Å². The smallest absolute Gasteiger partial charge is 0.0628 e. The highest BCUT2D eigenvalue weighted by atomic mass is 32.2. The Morgan fingerprint density at radius 1 is 1.29 bits per heavy atom. The van der Waals surface area contributed by atoms with E-state index in [1.807, 2.05) is 6.92 Å². The van der Waals surface area contributed by atoms with Crippen molar-refractivity contribution in [2.45, 2.75) is 37.9 Å². The molecule has 1 aromatic carbocycles. The Bertz CT molecular complexity index is 283. The summed E-state index contributed by atoms with van der Waals surface area (Å²) in [6.07, 6.45) is -0.232. The zero-order valence-electron chi connectivity index (χ0n) is 9.03. The number of aliphatic hydroxyl groups excluding tert-OH is 1. The van der Waals surface area contributed by atoms with Crippen molar-refractivity contribution >= 4 is 11.8 Å². The van der Waals surface area contributed by atoms with Crippen LogP contribution in [-0.2, 0) is 5.75 Å². The maximum absolute atomic E-state index is 9.35. The van der Waals surface area contributed by atoms with Gasteiger partial charge in [-0.3, -0.25) is 0 Å². The average Bonchev–Trinajstić information content (AvgIpc) is 2.16. The normalized spacial score (nSPS) is 15.1. The number of thioether (sulfide) groups is 1. The van der Waals surface area contributed by atoms with Crippen LogP contribution in [0.4, 0.5) is 0 Å². The maximum Gasteiger partial charge on any atom is 0.0628 e. The highest BCUT2D eigenvalue weighted by molar-refractivity contribution is 7.99. The van der Waals surface area contributed by atoms with Crippen molar-refractivity contribution in [3.63, 3.8) is 0 Å². The molecule has 0 aromatic heterocycles. The van der Waals surface area contributed by atoms with E-state index in [0.29, 0.717) is 5.25 Å². The van der Waals surface area contributed by atoms with E-state index in [4.69, 9.17) is 0 Å². The molecule has 0 aliphatic heterocycles. The van der Waals surface area contributed by atoms with Gasteiger partial charge in [-0.2, -0.15) is 11.8 Å². The summed E-state index contributed by atoms with van der Waals surface area (Å²) in [6.45, 7) is 6.03. The van der Waals surface area contributed by atoms with E-state index in [1.54, 1.807) is 11.8 Å². The maximum atomic E-state index is 9.35. The molecule has 0 aliphatic rings. The lowest BCUT2D eigenvalue weighted by Crippen LogP contribution is -2.15. The summed E-state index contributed by atoms with van der Waals surface area (Å²) in [7, 11) is 0.